The van der Waals surface area contributed by atoms with Crippen molar-refractivity contribution in [3.8, 4) is 0 Å². The lowest BCUT2D eigenvalue weighted by Crippen LogP contribution is -2.56. The summed E-state index contributed by atoms with van der Waals surface area (Å²) in [7, 11) is 0. The Morgan fingerprint density at radius 2 is 1.87 bits per heavy atom. The predicted molar refractivity (Wildman–Crippen MR) is 146 cm³/mol. The van der Waals surface area contributed by atoms with Crippen molar-refractivity contribution < 1.29 is 24.2 Å². The van der Waals surface area contributed by atoms with E-state index in [1.165, 1.54) is 0 Å². The van der Waals surface area contributed by atoms with E-state index in [1.54, 1.807) is 26.9 Å². The van der Waals surface area contributed by atoms with Gasteiger partial charge in [-0.15, -0.1) is 13.2 Å². The topological polar surface area (TPSA) is 90.4 Å². The van der Waals surface area contributed by atoms with E-state index in [1.807, 2.05) is 30.3 Å². The molecule has 2 bridgehead atoms. The lowest BCUT2D eigenvalue weighted by Gasteiger charge is -2.37. The monoisotopic (exact) mass is 523 g/mol. The van der Waals surface area contributed by atoms with Crippen LogP contribution in [0.3, 0.4) is 0 Å². The number of carbonyl (C=O) groups excluding carboxylic acids is 3. The number of benzene rings is 1. The van der Waals surface area contributed by atoms with E-state index in [4.69, 9.17) is 4.74 Å². The number of rotatable bonds is 14. The number of hydrogen-bond donors (Lipinski definition) is 1. The molecule has 1 aromatic carbocycles. The molecule has 38 heavy (non-hydrogen) atoms. The Hall–Kier alpha value is -2.97. The van der Waals surface area contributed by atoms with Gasteiger partial charge in [0.1, 0.15) is 11.6 Å². The van der Waals surface area contributed by atoms with Gasteiger partial charge in [-0.25, -0.2) is 0 Å². The summed E-state index contributed by atoms with van der Waals surface area (Å²) in [5, 5.41) is 9.56. The summed E-state index contributed by atoms with van der Waals surface area (Å²) in [6.45, 7) is 11.2. The molecule has 3 amide bonds. The first-order chi connectivity index (χ1) is 18.4. The van der Waals surface area contributed by atoms with Crippen LogP contribution < -0.4 is 4.90 Å². The molecule has 8 nitrogen and oxygen atoms in total. The van der Waals surface area contributed by atoms with Crippen molar-refractivity contribution >= 4 is 23.4 Å². The highest BCUT2D eigenvalue weighted by molar-refractivity contribution is 6.03. The number of unbranched alkanes of at least 4 members (excludes halogenated alkanes) is 2. The van der Waals surface area contributed by atoms with Gasteiger partial charge in [0, 0.05) is 38.5 Å². The molecule has 8 heteroatoms. The van der Waals surface area contributed by atoms with Crippen LogP contribution >= 0.6 is 0 Å². The van der Waals surface area contributed by atoms with Crippen LogP contribution in [0.5, 0.6) is 0 Å². The van der Waals surface area contributed by atoms with E-state index in [9.17, 15) is 19.5 Å². The van der Waals surface area contributed by atoms with Gasteiger partial charge in [0.2, 0.25) is 17.7 Å². The molecular formula is C30H41N3O5. The van der Waals surface area contributed by atoms with Crippen molar-refractivity contribution in [2.75, 3.05) is 37.7 Å². The van der Waals surface area contributed by atoms with Gasteiger partial charge in [-0.3, -0.25) is 14.4 Å². The molecule has 0 aromatic heterocycles. The first-order valence-electron chi connectivity index (χ1n) is 13.9. The quantitative estimate of drug-likeness (QED) is 0.299. The Kier molecular flexibility index (Phi) is 9.05. The van der Waals surface area contributed by atoms with Gasteiger partial charge in [0.15, 0.2) is 0 Å². The standard InChI is InChI=1S/C30H41N3O5/c1-4-7-11-19-31(17-5-2)29(37)26-30-16-15-23(38-30)24(25(30)28(36)33(26)20-12-21-34)27(35)32(18-6-3)22-13-9-8-10-14-22/h5-6,8-10,13-14,23-26,34H,2-4,7,11-12,15-21H2,1H3/t23-,24+,25+,26?,30?/m1/s1. The predicted octanol–water partition coefficient (Wildman–Crippen LogP) is 3.17. The third kappa shape index (κ3) is 4.92. The minimum absolute atomic E-state index is 0.0950. The number of nitrogens with zero attached hydrogens (tertiary/aromatic N) is 3. The Morgan fingerprint density at radius 3 is 2.53 bits per heavy atom. The smallest absolute Gasteiger partial charge is 0.248 e. The molecule has 0 radical (unpaired) electrons. The van der Waals surface area contributed by atoms with Crippen molar-refractivity contribution in [1.29, 1.82) is 0 Å². The van der Waals surface area contributed by atoms with Crippen LogP contribution in [0.15, 0.2) is 55.6 Å². The third-order valence-corrected chi connectivity index (χ3v) is 8.21. The second-order valence-electron chi connectivity index (χ2n) is 10.5. The number of amides is 3. The molecule has 3 fully saturated rings. The first-order valence-corrected chi connectivity index (χ1v) is 13.9. The lowest BCUT2D eigenvalue weighted by molar-refractivity contribution is -0.147. The normalized spacial score (nSPS) is 27.3. The molecule has 3 aliphatic heterocycles. The number of ether oxygens (including phenoxy) is 1. The lowest BCUT2D eigenvalue weighted by atomic mass is 9.70. The molecule has 3 heterocycles. The minimum atomic E-state index is -1.05. The van der Waals surface area contributed by atoms with E-state index in [0.717, 1.165) is 24.9 Å². The second-order valence-corrected chi connectivity index (χ2v) is 10.5. The zero-order valence-electron chi connectivity index (χ0n) is 22.5. The first kappa shape index (κ1) is 28.0. The zero-order chi connectivity index (χ0) is 27.3. The summed E-state index contributed by atoms with van der Waals surface area (Å²) in [6.07, 6.45) is 7.38. The SMILES string of the molecule is C=CCN(CCCCC)C(=O)C1N(CCCO)C(=O)[C@@H]2[C@@H](C(=O)N(CC=C)c3ccccc3)[C@H]3CCC12O3. The number of anilines is 1. The number of aliphatic hydroxyl groups excluding tert-OH is 1. The van der Waals surface area contributed by atoms with Crippen molar-refractivity contribution in [2.24, 2.45) is 11.8 Å². The summed E-state index contributed by atoms with van der Waals surface area (Å²) in [5.41, 5.74) is -0.312. The maximum absolute atomic E-state index is 14.1. The fourth-order valence-corrected chi connectivity index (χ4v) is 6.61. The van der Waals surface area contributed by atoms with Crippen molar-refractivity contribution in [3.05, 3.63) is 55.6 Å². The highest BCUT2D eigenvalue weighted by Crippen LogP contribution is 2.59. The van der Waals surface area contributed by atoms with Crippen LogP contribution in [0.2, 0.25) is 0 Å². The van der Waals surface area contributed by atoms with Crippen molar-refractivity contribution in [1.82, 2.24) is 9.80 Å². The summed E-state index contributed by atoms with van der Waals surface area (Å²) in [4.78, 5) is 47.3. The molecule has 206 valence electrons. The average Bonchev–Trinajstić information content (AvgIpc) is 3.57. The Balaban J connectivity index is 1.70. The summed E-state index contributed by atoms with van der Waals surface area (Å²) in [6, 6.07) is 8.55. The number of likely N-dealkylation sites (tertiary alicyclic amines) is 1. The van der Waals surface area contributed by atoms with Crippen LogP contribution in [0.4, 0.5) is 5.69 Å². The molecule has 2 unspecified atom stereocenters. The number of aliphatic hydroxyl groups is 1. The Labute approximate surface area is 225 Å². The zero-order valence-corrected chi connectivity index (χ0v) is 22.5. The summed E-state index contributed by atoms with van der Waals surface area (Å²) >= 11 is 0. The highest BCUT2D eigenvalue weighted by Gasteiger charge is 2.74. The largest absolute Gasteiger partial charge is 0.396 e. The molecule has 1 spiro atoms. The molecule has 3 aliphatic rings. The third-order valence-electron chi connectivity index (χ3n) is 8.21. The Morgan fingerprint density at radius 1 is 1.13 bits per heavy atom. The molecule has 1 N–H and O–H groups in total. The Bertz CT molecular complexity index is 1030. The number of hydrogen-bond acceptors (Lipinski definition) is 5. The van der Waals surface area contributed by atoms with Crippen LogP contribution in [0.25, 0.3) is 0 Å². The molecule has 0 saturated carbocycles. The highest BCUT2D eigenvalue weighted by atomic mass is 16.5. The average molecular weight is 524 g/mol. The van der Waals surface area contributed by atoms with Gasteiger partial charge in [-0.2, -0.15) is 0 Å². The molecule has 1 aromatic rings. The summed E-state index contributed by atoms with van der Waals surface area (Å²) < 4.78 is 6.58. The summed E-state index contributed by atoms with van der Waals surface area (Å²) in [5.74, 6) is -1.98. The molecule has 0 aliphatic carbocycles. The van der Waals surface area contributed by atoms with E-state index < -0.39 is 29.6 Å². The van der Waals surface area contributed by atoms with Crippen LogP contribution in [0.1, 0.15) is 45.4 Å². The number of fused-ring (bicyclic) bond motifs is 1. The van der Waals surface area contributed by atoms with Crippen LogP contribution in [0, 0.1) is 11.8 Å². The van der Waals surface area contributed by atoms with Crippen LogP contribution in [-0.2, 0) is 19.1 Å². The van der Waals surface area contributed by atoms with Crippen molar-refractivity contribution in [2.45, 2.75) is 63.2 Å². The molecular weight excluding hydrogens is 482 g/mol. The van der Waals surface area contributed by atoms with Gasteiger partial charge < -0.3 is 24.5 Å². The van der Waals surface area contributed by atoms with Crippen LogP contribution in [-0.4, -0.2) is 83.2 Å². The van der Waals surface area contributed by atoms with Crippen molar-refractivity contribution in [3.63, 3.8) is 0 Å². The van der Waals surface area contributed by atoms with E-state index in [2.05, 4.69) is 20.1 Å². The van der Waals surface area contributed by atoms with Gasteiger partial charge in [0.25, 0.3) is 0 Å². The maximum atomic E-state index is 14.1. The molecule has 4 rings (SSSR count). The van der Waals surface area contributed by atoms with E-state index in [0.29, 0.717) is 38.9 Å². The van der Waals surface area contributed by atoms with Gasteiger partial charge in [0.05, 0.1) is 17.9 Å². The molecule has 3 saturated heterocycles. The minimum Gasteiger partial charge on any atom is -0.396 e. The molecule has 5 atom stereocenters. The van der Waals surface area contributed by atoms with Gasteiger partial charge >= 0.3 is 0 Å². The fourth-order valence-electron chi connectivity index (χ4n) is 6.61. The van der Waals surface area contributed by atoms with Gasteiger partial charge in [-0.05, 0) is 37.8 Å². The second kappa shape index (κ2) is 12.3. The number of carbonyl (C=O) groups is 3. The maximum Gasteiger partial charge on any atom is 0.248 e. The fraction of sp³-hybridized carbons (Fsp3) is 0.567. The van der Waals surface area contributed by atoms with Gasteiger partial charge in [-0.1, -0.05) is 50.1 Å². The van der Waals surface area contributed by atoms with E-state index >= 15 is 0 Å². The van der Waals surface area contributed by atoms with E-state index in [-0.39, 0.29) is 30.9 Å². The number of para-hydroxylation sites is 1.